The van der Waals surface area contributed by atoms with E-state index in [1.807, 2.05) is 5.32 Å². The van der Waals surface area contributed by atoms with Gasteiger partial charge in [-0.15, -0.1) is 0 Å². The van der Waals surface area contributed by atoms with Gasteiger partial charge in [0, 0.05) is 12.8 Å². The van der Waals surface area contributed by atoms with Crippen molar-refractivity contribution in [2.24, 2.45) is 0 Å². The van der Waals surface area contributed by atoms with Crippen molar-refractivity contribution in [3.63, 3.8) is 0 Å². The van der Waals surface area contributed by atoms with Crippen LogP contribution in [0.5, 0.6) is 0 Å². The molecule has 6 nitrogen and oxygen atoms in total. The van der Waals surface area contributed by atoms with Crippen LogP contribution in [0.3, 0.4) is 0 Å². The second-order valence-corrected chi connectivity index (χ2v) is 4.71. The molecular weight excluding hydrogens is 310 g/mol. The number of aryl methyl sites for hydroxylation is 1. The van der Waals surface area contributed by atoms with Crippen molar-refractivity contribution in [2.75, 3.05) is 6.67 Å². The highest BCUT2D eigenvalue weighted by atomic mass is 19.1. The number of nitrogens with one attached hydrogen (secondary N) is 1. The van der Waals surface area contributed by atoms with Gasteiger partial charge in [0.1, 0.15) is 12.5 Å². The van der Waals surface area contributed by atoms with Crippen LogP contribution in [0.15, 0.2) is 34.9 Å². The van der Waals surface area contributed by atoms with Gasteiger partial charge in [-0.3, -0.25) is 4.79 Å². The van der Waals surface area contributed by atoms with Crippen LogP contribution in [0.4, 0.5) is 8.78 Å². The third-order valence-electron chi connectivity index (χ3n) is 3.05. The molecular formula is C15H14F2N2O4. The number of benzene rings is 1. The summed E-state index contributed by atoms with van der Waals surface area (Å²) in [5, 5.41) is 10.7. The zero-order chi connectivity index (χ0) is 16.8. The van der Waals surface area contributed by atoms with E-state index >= 15 is 0 Å². The minimum Gasteiger partial charge on any atom is -0.480 e. The van der Waals surface area contributed by atoms with Crippen LogP contribution in [-0.4, -0.2) is 34.7 Å². The molecule has 1 unspecified atom stereocenters. The molecule has 122 valence electrons. The molecule has 2 N–H and O–H groups in total. The molecule has 0 fully saturated rings. The number of hydrogen-bond donors (Lipinski definition) is 2. The molecule has 1 amide bonds. The first kappa shape index (κ1) is 16.6. The number of oxazole rings is 1. The molecule has 0 aliphatic carbocycles. The van der Waals surface area contributed by atoms with Gasteiger partial charge in [-0.2, -0.15) is 0 Å². The van der Waals surface area contributed by atoms with Crippen LogP contribution >= 0.6 is 0 Å². The predicted octanol–water partition coefficient (Wildman–Crippen LogP) is 1.95. The van der Waals surface area contributed by atoms with Crippen LogP contribution < -0.4 is 5.32 Å². The van der Waals surface area contributed by atoms with Gasteiger partial charge in [0.25, 0.3) is 0 Å². The van der Waals surface area contributed by atoms with Crippen LogP contribution in [0.2, 0.25) is 0 Å². The van der Waals surface area contributed by atoms with Gasteiger partial charge < -0.3 is 14.8 Å². The average molecular weight is 324 g/mol. The summed E-state index contributed by atoms with van der Waals surface area (Å²) in [5.41, 5.74) is 0.249. The number of alkyl halides is 1. The minimum absolute atomic E-state index is 0.0823. The average Bonchev–Trinajstić information content (AvgIpc) is 2.99. The summed E-state index contributed by atoms with van der Waals surface area (Å²) < 4.78 is 31.4. The number of hydrogen-bond acceptors (Lipinski definition) is 4. The van der Waals surface area contributed by atoms with Crippen molar-refractivity contribution in [3.05, 3.63) is 42.2 Å². The summed E-state index contributed by atoms with van der Waals surface area (Å²) in [7, 11) is 0. The fraction of sp³-hybridized carbons (Fsp3) is 0.267. The van der Waals surface area contributed by atoms with E-state index in [1.165, 1.54) is 18.3 Å². The Hall–Kier alpha value is -2.77. The molecule has 23 heavy (non-hydrogen) atoms. The lowest BCUT2D eigenvalue weighted by atomic mass is 10.2. The maximum atomic E-state index is 13.6. The van der Waals surface area contributed by atoms with Crippen LogP contribution in [-0.2, 0) is 16.0 Å². The topological polar surface area (TPSA) is 92.4 Å². The Balaban J connectivity index is 1.94. The molecule has 2 rings (SSSR count). The molecule has 0 bridgehead atoms. The fourth-order valence-electron chi connectivity index (χ4n) is 1.86. The predicted molar refractivity (Wildman–Crippen MR) is 75.8 cm³/mol. The number of rotatable bonds is 7. The maximum Gasteiger partial charge on any atom is 0.328 e. The molecule has 0 spiro atoms. The van der Waals surface area contributed by atoms with Crippen LogP contribution in [0.25, 0.3) is 11.3 Å². The zero-order valence-electron chi connectivity index (χ0n) is 12.0. The van der Waals surface area contributed by atoms with E-state index in [4.69, 9.17) is 9.52 Å². The third-order valence-corrected chi connectivity index (χ3v) is 3.05. The summed E-state index contributed by atoms with van der Waals surface area (Å²) >= 11 is 0. The molecule has 8 heteroatoms. The largest absolute Gasteiger partial charge is 0.480 e. The van der Waals surface area contributed by atoms with E-state index < -0.39 is 30.4 Å². The first-order valence-electron chi connectivity index (χ1n) is 6.79. The molecule has 0 radical (unpaired) electrons. The zero-order valence-corrected chi connectivity index (χ0v) is 12.0. The highest BCUT2D eigenvalue weighted by Crippen LogP contribution is 2.23. The van der Waals surface area contributed by atoms with E-state index in [2.05, 4.69) is 4.98 Å². The van der Waals surface area contributed by atoms with Crippen LogP contribution in [0.1, 0.15) is 12.3 Å². The summed E-state index contributed by atoms with van der Waals surface area (Å²) in [5.74, 6) is -2.11. The molecule has 0 aliphatic rings. The molecule has 1 aromatic heterocycles. The standard InChI is InChI=1S/C15H14F2N2O4/c16-7-11(15(21)22)19-13(20)5-6-14-18-8-12(23-14)9-3-1-2-4-10(9)17/h1-4,8,11H,5-7H2,(H,19,20)(H,21,22). The van der Waals surface area contributed by atoms with Crippen molar-refractivity contribution in [1.29, 1.82) is 0 Å². The highest BCUT2D eigenvalue weighted by molar-refractivity contribution is 5.83. The number of nitrogens with zero attached hydrogens (tertiary/aromatic N) is 1. The summed E-state index contributed by atoms with van der Waals surface area (Å²) in [6.07, 6.45) is 1.30. The minimum atomic E-state index is -1.57. The Morgan fingerprint density at radius 3 is 2.74 bits per heavy atom. The second-order valence-electron chi connectivity index (χ2n) is 4.71. The van der Waals surface area contributed by atoms with Gasteiger partial charge in [0.05, 0.1) is 11.8 Å². The van der Waals surface area contributed by atoms with E-state index in [0.717, 1.165) is 0 Å². The number of carboxylic acid groups (broad SMARTS) is 1. The van der Waals surface area contributed by atoms with Crippen molar-refractivity contribution in [1.82, 2.24) is 10.3 Å². The smallest absolute Gasteiger partial charge is 0.328 e. The van der Waals surface area contributed by atoms with Crippen molar-refractivity contribution >= 4 is 11.9 Å². The van der Waals surface area contributed by atoms with E-state index in [-0.39, 0.29) is 30.1 Å². The van der Waals surface area contributed by atoms with Gasteiger partial charge in [0.15, 0.2) is 17.7 Å². The van der Waals surface area contributed by atoms with E-state index in [0.29, 0.717) is 0 Å². The Kier molecular flexibility index (Phi) is 5.40. The van der Waals surface area contributed by atoms with Gasteiger partial charge in [-0.1, -0.05) is 12.1 Å². The lowest BCUT2D eigenvalue weighted by Gasteiger charge is -2.09. The molecule has 2 aromatic rings. The van der Waals surface area contributed by atoms with Gasteiger partial charge >= 0.3 is 5.97 Å². The number of aromatic nitrogens is 1. The molecule has 0 saturated heterocycles. The number of carbonyl (C=O) groups is 2. The maximum absolute atomic E-state index is 13.6. The van der Waals surface area contributed by atoms with Gasteiger partial charge in [-0.05, 0) is 12.1 Å². The Labute approximate surface area is 130 Å². The molecule has 1 heterocycles. The fourth-order valence-corrected chi connectivity index (χ4v) is 1.86. The highest BCUT2D eigenvalue weighted by Gasteiger charge is 2.20. The summed E-state index contributed by atoms with van der Waals surface area (Å²) in [6.45, 7) is -1.20. The number of aliphatic carboxylic acids is 1. The first-order valence-corrected chi connectivity index (χ1v) is 6.79. The molecule has 1 aromatic carbocycles. The van der Waals surface area contributed by atoms with Crippen molar-refractivity contribution in [2.45, 2.75) is 18.9 Å². The van der Waals surface area contributed by atoms with Crippen LogP contribution in [0, 0.1) is 5.82 Å². The van der Waals surface area contributed by atoms with Gasteiger partial charge in [-0.25, -0.2) is 18.6 Å². The number of halogens is 2. The monoisotopic (exact) mass is 324 g/mol. The lowest BCUT2D eigenvalue weighted by Crippen LogP contribution is -2.42. The molecule has 1 atom stereocenters. The van der Waals surface area contributed by atoms with E-state index in [9.17, 15) is 18.4 Å². The Morgan fingerprint density at radius 2 is 2.09 bits per heavy atom. The molecule has 0 aliphatic heterocycles. The number of carbonyl (C=O) groups excluding carboxylic acids is 1. The molecule has 0 saturated carbocycles. The Bertz CT molecular complexity index is 702. The summed E-state index contributed by atoms with van der Waals surface area (Å²) in [4.78, 5) is 26.1. The summed E-state index contributed by atoms with van der Waals surface area (Å²) in [6, 6.07) is 4.45. The quantitative estimate of drug-likeness (QED) is 0.812. The van der Waals surface area contributed by atoms with Gasteiger partial charge in [0.2, 0.25) is 5.91 Å². The second kappa shape index (κ2) is 7.48. The normalized spacial score (nSPS) is 11.9. The van der Waals surface area contributed by atoms with Crippen molar-refractivity contribution < 1.29 is 27.9 Å². The number of carboxylic acids is 1. The lowest BCUT2D eigenvalue weighted by molar-refractivity contribution is -0.142. The number of amides is 1. The van der Waals surface area contributed by atoms with E-state index in [1.54, 1.807) is 12.1 Å². The third kappa shape index (κ3) is 4.35. The SMILES string of the molecule is O=C(CCc1ncc(-c2ccccc2F)o1)NC(CF)C(=O)O. The van der Waals surface area contributed by atoms with Crippen molar-refractivity contribution in [3.8, 4) is 11.3 Å². The first-order chi connectivity index (χ1) is 11.0. The Morgan fingerprint density at radius 1 is 1.35 bits per heavy atom.